The number of rotatable bonds is 8. The van der Waals surface area contributed by atoms with Crippen molar-refractivity contribution in [3.8, 4) is 0 Å². The van der Waals surface area contributed by atoms with E-state index in [4.69, 9.17) is 0 Å². The van der Waals surface area contributed by atoms with Gasteiger partial charge in [0.1, 0.15) is 5.84 Å². The van der Waals surface area contributed by atoms with E-state index in [-0.39, 0.29) is 0 Å². The van der Waals surface area contributed by atoms with Crippen molar-refractivity contribution in [2.24, 2.45) is 4.99 Å². The molecule has 16 heavy (non-hydrogen) atoms. The third kappa shape index (κ3) is 9.04. The molecule has 0 heterocycles. The molecule has 0 aliphatic rings. The quantitative estimate of drug-likeness (QED) is 0.308. The summed E-state index contributed by atoms with van der Waals surface area (Å²) >= 11 is 1.76. The third-order valence-electron chi connectivity index (χ3n) is 2.35. The van der Waals surface area contributed by atoms with E-state index in [0.717, 1.165) is 24.7 Å². The van der Waals surface area contributed by atoms with E-state index >= 15 is 0 Å². The molecule has 1 N–H and O–H groups in total. The predicted molar refractivity (Wildman–Crippen MR) is 76.2 cm³/mol. The van der Waals surface area contributed by atoms with E-state index in [0.29, 0.717) is 6.04 Å². The first-order valence-electron chi connectivity index (χ1n) is 6.20. The average Bonchev–Trinajstić information content (AvgIpc) is 2.24. The lowest BCUT2D eigenvalue weighted by molar-refractivity contribution is 0.334. The van der Waals surface area contributed by atoms with Crippen LogP contribution >= 0.6 is 11.9 Å². The summed E-state index contributed by atoms with van der Waals surface area (Å²) in [5.74, 6) is 2.20. The predicted octanol–water partition coefficient (Wildman–Crippen LogP) is 2.78. The number of likely N-dealkylation sites (N-methyl/N-ethyl adjacent to an activating group) is 1. The van der Waals surface area contributed by atoms with Gasteiger partial charge in [0.15, 0.2) is 0 Å². The molecule has 96 valence electrons. The maximum Gasteiger partial charge on any atom is 0.103 e. The van der Waals surface area contributed by atoms with Crippen LogP contribution < -0.4 is 4.72 Å². The summed E-state index contributed by atoms with van der Waals surface area (Å²) in [6.07, 6.45) is 2.52. The Bertz CT molecular complexity index is 195. The smallest absolute Gasteiger partial charge is 0.103 e. The van der Waals surface area contributed by atoms with Crippen molar-refractivity contribution in [1.82, 2.24) is 9.62 Å². The molecule has 0 saturated carbocycles. The topological polar surface area (TPSA) is 27.6 Å². The number of unbranched alkanes of at least 4 members (excludes halogenated alkanes) is 1. The second-order valence-electron chi connectivity index (χ2n) is 4.22. The van der Waals surface area contributed by atoms with Gasteiger partial charge in [0.2, 0.25) is 0 Å². The highest BCUT2D eigenvalue weighted by Gasteiger charge is 2.03. The fourth-order valence-electron chi connectivity index (χ4n) is 1.35. The Balaban J connectivity index is 3.73. The van der Waals surface area contributed by atoms with Crippen LogP contribution in [-0.2, 0) is 0 Å². The van der Waals surface area contributed by atoms with Crippen LogP contribution in [0.4, 0.5) is 0 Å². The second kappa shape index (κ2) is 9.97. The summed E-state index contributed by atoms with van der Waals surface area (Å²) in [5.41, 5.74) is 0. The number of hydrogen-bond acceptors (Lipinski definition) is 3. The van der Waals surface area contributed by atoms with Crippen LogP contribution in [-0.4, -0.2) is 42.7 Å². The molecule has 0 aliphatic carbocycles. The number of aliphatic imine (C=N–C) groups is 1. The van der Waals surface area contributed by atoms with E-state index in [2.05, 4.69) is 42.4 Å². The van der Waals surface area contributed by atoms with Crippen LogP contribution in [0.25, 0.3) is 0 Å². The fourth-order valence-corrected chi connectivity index (χ4v) is 2.15. The van der Waals surface area contributed by atoms with Crippen LogP contribution in [0.15, 0.2) is 4.99 Å². The van der Waals surface area contributed by atoms with Gasteiger partial charge in [-0.25, -0.2) is 0 Å². The minimum Gasteiger partial charge on any atom is -0.318 e. The summed E-state index contributed by atoms with van der Waals surface area (Å²) in [6, 6.07) is 0.365. The zero-order valence-corrected chi connectivity index (χ0v) is 12.2. The molecule has 4 heteroatoms. The Hall–Kier alpha value is -0.220. The molecular weight excluding hydrogens is 218 g/mol. The molecule has 0 rings (SSSR count). The number of nitrogens with zero attached hydrogens (tertiary/aromatic N) is 2. The first-order chi connectivity index (χ1) is 7.60. The Morgan fingerprint density at radius 3 is 2.69 bits per heavy atom. The zero-order valence-electron chi connectivity index (χ0n) is 11.4. The maximum absolute atomic E-state index is 4.61. The fraction of sp³-hybridized carbons (Fsp3) is 0.917. The lowest BCUT2D eigenvalue weighted by Gasteiger charge is -2.17. The first kappa shape index (κ1) is 15.8. The average molecular weight is 245 g/mol. The molecule has 0 aromatic rings. The van der Waals surface area contributed by atoms with Gasteiger partial charge in [0, 0.05) is 12.3 Å². The van der Waals surface area contributed by atoms with Crippen molar-refractivity contribution in [1.29, 1.82) is 0 Å². The van der Waals surface area contributed by atoms with Crippen molar-refractivity contribution in [3.05, 3.63) is 0 Å². The van der Waals surface area contributed by atoms with Crippen molar-refractivity contribution < 1.29 is 0 Å². The monoisotopic (exact) mass is 245 g/mol. The molecule has 0 radical (unpaired) electrons. The second-order valence-corrected chi connectivity index (χ2v) is 5.12. The number of amidine groups is 1. The molecule has 3 nitrogen and oxygen atoms in total. The lowest BCUT2D eigenvalue weighted by Crippen LogP contribution is -2.27. The van der Waals surface area contributed by atoms with E-state index < -0.39 is 0 Å². The summed E-state index contributed by atoms with van der Waals surface area (Å²) < 4.78 is 3.29. The largest absolute Gasteiger partial charge is 0.318 e. The van der Waals surface area contributed by atoms with Gasteiger partial charge in [-0.1, -0.05) is 32.2 Å². The van der Waals surface area contributed by atoms with Crippen LogP contribution in [0, 0.1) is 0 Å². The Morgan fingerprint density at radius 1 is 1.44 bits per heavy atom. The minimum absolute atomic E-state index is 0.365. The Kier molecular flexibility index (Phi) is 9.83. The van der Waals surface area contributed by atoms with Gasteiger partial charge < -0.3 is 9.62 Å². The Morgan fingerprint density at radius 2 is 2.12 bits per heavy atom. The molecule has 0 saturated heterocycles. The van der Waals surface area contributed by atoms with Gasteiger partial charge in [-0.15, -0.1) is 0 Å². The molecule has 0 amide bonds. The lowest BCUT2D eigenvalue weighted by atomic mass is 10.3. The van der Waals surface area contributed by atoms with Gasteiger partial charge in [-0.05, 0) is 33.9 Å². The van der Waals surface area contributed by atoms with E-state index in [9.17, 15) is 0 Å². The zero-order chi connectivity index (χ0) is 12.4. The highest BCUT2D eigenvalue weighted by Crippen LogP contribution is 2.00. The highest BCUT2D eigenvalue weighted by atomic mass is 32.2. The van der Waals surface area contributed by atoms with Crippen molar-refractivity contribution in [2.45, 2.75) is 46.6 Å². The highest BCUT2D eigenvalue weighted by molar-refractivity contribution is 7.97. The first-order valence-corrected chi connectivity index (χ1v) is 7.19. The standard InChI is InChI=1S/C12H27N3S/c1-6-8-9-16-14-12(4)13-11(3)10-15(5)7-2/h11H,6-10H2,1-5H3,(H,13,14). The van der Waals surface area contributed by atoms with Gasteiger partial charge >= 0.3 is 0 Å². The molecule has 1 unspecified atom stereocenters. The number of hydrogen-bond donors (Lipinski definition) is 1. The summed E-state index contributed by atoms with van der Waals surface area (Å²) in [6.45, 7) is 10.7. The number of nitrogens with one attached hydrogen (secondary N) is 1. The van der Waals surface area contributed by atoms with Crippen molar-refractivity contribution in [2.75, 3.05) is 25.9 Å². The maximum atomic E-state index is 4.61. The van der Waals surface area contributed by atoms with Gasteiger partial charge in [-0.2, -0.15) is 0 Å². The van der Waals surface area contributed by atoms with Gasteiger partial charge in [0.25, 0.3) is 0 Å². The van der Waals surface area contributed by atoms with Crippen molar-refractivity contribution in [3.63, 3.8) is 0 Å². The summed E-state index contributed by atoms with van der Waals surface area (Å²) in [5, 5.41) is 0. The molecule has 0 spiro atoms. The Labute approximate surface area is 105 Å². The SMILES string of the molecule is CCCCSN/C(C)=N/C(C)CN(C)CC. The van der Waals surface area contributed by atoms with E-state index in [1.165, 1.54) is 12.8 Å². The van der Waals surface area contributed by atoms with Crippen LogP contribution in [0.1, 0.15) is 40.5 Å². The minimum atomic E-state index is 0.365. The molecule has 0 aromatic heterocycles. The third-order valence-corrected chi connectivity index (χ3v) is 3.28. The van der Waals surface area contributed by atoms with Crippen LogP contribution in [0.3, 0.4) is 0 Å². The summed E-state index contributed by atoms with van der Waals surface area (Å²) in [4.78, 5) is 6.89. The van der Waals surface area contributed by atoms with E-state index in [1.54, 1.807) is 11.9 Å². The molecule has 0 fully saturated rings. The van der Waals surface area contributed by atoms with Crippen LogP contribution in [0.5, 0.6) is 0 Å². The normalized spacial score (nSPS) is 14.2. The molecule has 0 bridgehead atoms. The van der Waals surface area contributed by atoms with Crippen molar-refractivity contribution >= 4 is 17.8 Å². The van der Waals surface area contributed by atoms with Crippen LogP contribution in [0.2, 0.25) is 0 Å². The van der Waals surface area contributed by atoms with Gasteiger partial charge in [-0.3, -0.25) is 4.99 Å². The van der Waals surface area contributed by atoms with Gasteiger partial charge in [0.05, 0.1) is 6.04 Å². The molecule has 0 aliphatic heterocycles. The van der Waals surface area contributed by atoms with E-state index in [1.807, 2.05) is 6.92 Å². The molecule has 0 aromatic carbocycles. The summed E-state index contributed by atoms with van der Waals surface area (Å²) in [7, 11) is 2.13. The molecular formula is C12H27N3S. The molecule has 1 atom stereocenters.